The molecule has 0 aromatic heterocycles. The Balaban J connectivity index is 1.55. The van der Waals surface area contributed by atoms with E-state index in [0.29, 0.717) is 25.0 Å². The van der Waals surface area contributed by atoms with Crippen molar-refractivity contribution < 1.29 is 9.90 Å². The lowest BCUT2D eigenvalue weighted by atomic mass is 9.69. The van der Waals surface area contributed by atoms with E-state index in [4.69, 9.17) is 0 Å². The number of carbonyl (C=O) groups excluding carboxylic acids is 1. The molecule has 1 saturated heterocycles. The first-order valence-electron chi connectivity index (χ1n) is 8.71. The summed E-state index contributed by atoms with van der Waals surface area (Å²) in [4.78, 5) is 16.7. The predicted molar refractivity (Wildman–Crippen MR) is 82.9 cm³/mol. The van der Waals surface area contributed by atoms with Crippen molar-refractivity contribution in [1.82, 2.24) is 9.80 Å². The van der Waals surface area contributed by atoms with E-state index in [0.717, 1.165) is 19.4 Å². The lowest BCUT2D eigenvalue weighted by Gasteiger charge is -2.41. The third kappa shape index (κ3) is 2.85. The molecule has 3 rings (SSSR count). The Morgan fingerprint density at radius 3 is 2.48 bits per heavy atom. The van der Waals surface area contributed by atoms with Gasteiger partial charge in [0.2, 0.25) is 5.91 Å². The monoisotopic (exact) mass is 294 g/mol. The van der Waals surface area contributed by atoms with Crippen molar-refractivity contribution in [3.05, 3.63) is 0 Å². The molecular weight excluding hydrogens is 264 g/mol. The van der Waals surface area contributed by atoms with Crippen molar-refractivity contribution in [2.24, 2.45) is 11.8 Å². The molecule has 0 aromatic rings. The van der Waals surface area contributed by atoms with Crippen molar-refractivity contribution in [2.45, 2.75) is 63.5 Å². The molecule has 0 spiro atoms. The van der Waals surface area contributed by atoms with E-state index in [-0.39, 0.29) is 11.8 Å². The molecule has 0 unspecified atom stereocenters. The van der Waals surface area contributed by atoms with Crippen LogP contribution in [0, 0.1) is 11.8 Å². The molecule has 1 aliphatic heterocycles. The molecule has 0 bridgehead atoms. The number of β-amino-alcohol motifs (C(OH)–C–C–N with tert-alkyl or cyclic N) is 1. The fraction of sp³-hybridized carbons (Fsp3) is 0.941. The smallest absolute Gasteiger partial charge is 0.236 e. The van der Waals surface area contributed by atoms with E-state index in [2.05, 4.69) is 18.9 Å². The number of likely N-dealkylation sites (tertiary alicyclic amines) is 1. The third-order valence-corrected chi connectivity index (χ3v) is 6.29. The number of rotatable bonds is 4. The quantitative estimate of drug-likeness (QED) is 0.861. The zero-order valence-electron chi connectivity index (χ0n) is 13.6. The largest absolute Gasteiger partial charge is 0.387 e. The van der Waals surface area contributed by atoms with Crippen LogP contribution in [0.25, 0.3) is 0 Å². The van der Waals surface area contributed by atoms with Crippen LogP contribution in [0.4, 0.5) is 0 Å². The van der Waals surface area contributed by atoms with Gasteiger partial charge < -0.3 is 10.0 Å². The highest BCUT2D eigenvalue weighted by Crippen LogP contribution is 2.44. The maximum Gasteiger partial charge on any atom is 0.236 e. The molecule has 2 saturated carbocycles. The number of aliphatic hydroxyl groups is 1. The van der Waals surface area contributed by atoms with Crippen molar-refractivity contribution in [3.8, 4) is 0 Å². The predicted octanol–water partition coefficient (Wildman–Crippen LogP) is 1.87. The Morgan fingerprint density at radius 2 is 1.90 bits per heavy atom. The second kappa shape index (κ2) is 5.88. The maximum atomic E-state index is 12.5. The van der Waals surface area contributed by atoms with Crippen LogP contribution < -0.4 is 0 Å². The van der Waals surface area contributed by atoms with E-state index < -0.39 is 5.60 Å². The molecule has 1 heterocycles. The van der Waals surface area contributed by atoms with Crippen LogP contribution in [-0.2, 0) is 4.79 Å². The first-order chi connectivity index (χ1) is 10.0. The van der Waals surface area contributed by atoms with Crippen LogP contribution in [0.2, 0.25) is 0 Å². The number of amides is 1. The van der Waals surface area contributed by atoms with E-state index >= 15 is 0 Å². The van der Waals surface area contributed by atoms with Gasteiger partial charge in [0, 0.05) is 18.5 Å². The highest BCUT2D eigenvalue weighted by atomic mass is 16.3. The molecule has 0 radical (unpaired) electrons. The van der Waals surface area contributed by atoms with Crippen LogP contribution in [0.5, 0.6) is 0 Å². The molecular formula is C17H30N2O2. The molecule has 4 heteroatoms. The summed E-state index contributed by atoms with van der Waals surface area (Å²) in [6.45, 7) is 3.89. The minimum atomic E-state index is -0.625. The number of hydrogen-bond acceptors (Lipinski definition) is 3. The van der Waals surface area contributed by atoms with Gasteiger partial charge in [-0.15, -0.1) is 0 Å². The van der Waals surface area contributed by atoms with Gasteiger partial charge in [-0.2, -0.15) is 0 Å². The second-order valence-corrected chi connectivity index (χ2v) is 7.65. The number of likely N-dealkylation sites (N-methyl/N-ethyl adjacent to an activating group) is 1. The first kappa shape index (κ1) is 15.3. The minimum absolute atomic E-state index is 0.200. The fourth-order valence-corrected chi connectivity index (χ4v) is 4.43. The van der Waals surface area contributed by atoms with Crippen molar-refractivity contribution in [3.63, 3.8) is 0 Å². The Hall–Kier alpha value is -0.610. The highest BCUT2D eigenvalue weighted by molar-refractivity contribution is 5.78. The van der Waals surface area contributed by atoms with Gasteiger partial charge in [0.05, 0.1) is 18.7 Å². The van der Waals surface area contributed by atoms with Crippen LogP contribution in [0.15, 0.2) is 0 Å². The summed E-state index contributed by atoms with van der Waals surface area (Å²) in [5, 5.41) is 10.9. The summed E-state index contributed by atoms with van der Waals surface area (Å²) >= 11 is 0. The van der Waals surface area contributed by atoms with Gasteiger partial charge in [-0.25, -0.2) is 0 Å². The molecule has 21 heavy (non-hydrogen) atoms. The Labute approximate surface area is 128 Å². The van der Waals surface area contributed by atoms with E-state index in [1.807, 2.05) is 4.90 Å². The second-order valence-electron chi connectivity index (χ2n) is 7.65. The SMILES string of the molecule is C[C@@H]1CN(C(=O)CN(C)C2CCCC2)C[C@@]1(O)C1CCC1. The zero-order valence-corrected chi connectivity index (χ0v) is 13.6. The lowest BCUT2D eigenvalue weighted by Crippen LogP contribution is -2.49. The van der Waals surface area contributed by atoms with Gasteiger partial charge in [0.1, 0.15) is 0 Å². The topological polar surface area (TPSA) is 43.8 Å². The summed E-state index contributed by atoms with van der Waals surface area (Å²) in [5.74, 6) is 0.827. The lowest BCUT2D eigenvalue weighted by molar-refractivity contribution is -0.133. The van der Waals surface area contributed by atoms with Gasteiger partial charge >= 0.3 is 0 Å². The summed E-state index contributed by atoms with van der Waals surface area (Å²) < 4.78 is 0. The van der Waals surface area contributed by atoms with Gasteiger partial charge in [-0.1, -0.05) is 26.2 Å². The van der Waals surface area contributed by atoms with Crippen LogP contribution in [0.1, 0.15) is 51.9 Å². The molecule has 120 valence electrons. The highest BCUT2D eigenvalue weighted by Gasteiger charge is 2.50. The normalized spacial score (nSPS) is 34.7. The standard InChI is InChI=1S/C17H30N2O2/c1-13-10-19(12-17(13,21)14-6-5-7-14)16(20)11-18(2)15-8-3-4-9-15/h13-15,21H,3-12H2,1-2H3/t13-,17+/m1/s1. The van der Waals surface area contributed by atoms with Crippen LogP contribution >= 0.6 is 0 Å². The first-order valence-corrected chi connectivity index (χ1v) is 8.71. The van der Waals surface area contributed by atoms with Gasteiger partial charge in [0.25, 0.3) is 0 Å². The minimum Gasteiger partial charge on any atom is -0.387 e. The molecule has 2 atom stereocenters. The molecule has 1 N–H and O–H groups in total. The molecule has 3 aliphatic rings. The van der Waals surface area contributed by atoms with Gasteiger partial charge in [-0.05, 0) is 38.6 Å². The van der Waals surface area contributed by atoms with Crippen molar-refractivity contribution in [2.75, 3.05) is 26.7 Å². The third-order valence-electron chi connectivity index (χ3n) is 6.29. The van der Waals surface area contributed by atoms with Gasteiger partial charge in [0.15, 0.2) is 0 Å². The summed E-state index contributed by atoms with van der Waals surface area (Å²) in [7, 11) is 2.07. The summed E-state index contributed by atoms with van der Waals surface area (Å²) in [5.41, 5.74) is -0.625. The number of carbonyl (C=O) groups is 1. The molecule has 4 nitrogen and oxygen atoms in total. The van der Waals surface area contributed by atoms with E-state index in [9.17, 15) is 9.90 Å². The van der Waals surface area contributed by atoms with Crippen LogP contribution in [-0.4, -0.2) is 59.1 Å². The Kier molecular flexibility index (Phi) is 4.28. The molecule has 1 amide bonds. The molecule has 2 aliphatic carbocycles. The van der Waals surface area contributed by atoms with E-state index in [1.165, 1.54) is 32.1 Å². The number of hydrogen-bond donors (Lipinski definition) is 1. The molecule has 3 fully saturated rings. The number of nitrogens with zero attached hydrogens (tertiary/aromatic N) is 2. The average Bonchev–Trinajstić information content (AvgIpc) is 2.97. The summed E-state index contributed by atoms with van der Waals surface area (Å²) in [6, 6.07) is 0.583. The average molecular weight is 294 g/mol. The summed E-state index contributed by atoms with van der Waals surface area (Å²) in [6.07, 6.45) is 8.54. The van der Waals surface area contributed by atoms with Gasteiger partial charge in [-0.3, -0.25) is 9.69 Å². The Morgan fingerprint density at radius 1 is 1.24 bits per heavy atom. The van der Waals surface area contributed by atoms with Crippen LogP contribution in [0.3, 0.4) is 0 Å². The fourth-order valence-electron chi connectivity index (χ4n) is 4.43. The van der Waals surface area contributed by atoms with E-state index in [1.54, 1.807) is 0 Å². The maximum absolute atomic E-state index is 12.5. The van der Waals surface area contributed by atoms with Crippen molar-refractivity contribution in [1.29, 1.82) is 0 Å². The van der Waals surface area contributed by atoms with Crippen molar-refractivity contribution >= 4 is 5.91 Å². The Bertz CT molecular complexity index is 390. The molecule has 0 aromatic carbocycles. The zero-order chi connectivity index (χ0) is 15.0.